The number of benzene rings is 2. The maximum Gasteiger partial charge on any atom is 0.407 e. The molecular formula is C22H21F4N3O3S. The Morgan fingerprint density at radius 1 is 1.09 bits per heavy atom. The Labute approximate surface area is 188 Å². The Morgan fingerprint density at radius 3 is 2.21 bits per heavy atom. The topological polar surface area (TPSA) is 99.1 Å². The number of carbonyl (C=O) groups is 1. The third kappa shape index (κ3) is 6.30. The Hall–Kier alpha value is -2.97. The molecule has 1 saturated carbocycles. The van der Waals surface area contributed by atoms with Gasteiger partial charge >= 0.3 is 6.18 Å². The highest BCUT2D eigenvalue weighted by Gasteiger charge is 2.47. The first kappa shape index (κ1) is 24.7. The van der Waals surface area contributed by atoms with Gasteiger partial charge in [0.1, 0.15) is 17.4 Å². The van der Waals surface area contributed by atoms with Crippen molar-refractivity contribution >= 4 is 15.7 Å². The van der Waals surface area contributed by atoms with Crippen LogP contribution in [0.2, 0.25) is 0 Å². The summed E-state index contributed by atoms with van der Waals surface area (Å²) >= 11 is 0. The number of nitrogens with one attached hydrogen (secondary N) is 2. The lowest BCUT2D eigenvalue weighted by Crippen LogP contribution is -2.52. The van der Waals surface area contributed by atoms with E-state index in [1.165, 1.54) is 24.3 Å². The van der Waals surface area contributed by atoms with Crippen molar-refractivity contribution in [3.8, 4) is 6.07 Å². The number of nitriles is 1. The molecule has 1 aliphatic rings. The maximum absolute atomic E-state index is 13.8. The molecule has 1 aliphatic carbocycles. The number of rotatable bonds is 9. The second-order valence-electron chi connectivity index (χ2n) is 7.85. The van der Waals surface area contributed by atoms with Crippen molar-refractivity contribution in [2.24, 2.45) is 0 Å². The molecule has 1 amide bonds. The molecule has 1 fully saturated rings. The number of amides is 1. The van der Waals surface area contributed by atoms with Gasteiger partial charge in [0.2, 0.25) is 5.91 Å². The van der Waals surface area contributed by atoms with E-state index >= 15 is 0 Å². The summed E-state index contributed by atoms with van der Waals surface area (Å²) in [5, 5.41) is 13.8. The molecule has 2 aromatic carbocycles. The number of nitrogens with zero attached hydrogens (tertiary/aromatic N) is 1. The summed E-state index contributed by atoms with van der Waals surface area (Å²) in [6.45, 7) is 0. The molecule has 0 aromatic heterocycles. The molecule has 0 heterocycles. The van der Waals surface area contributed by atoms with E-state index < -0.39 is 57.5 Å². The van der Waals surface area contributed by atoms with Gasteiger partial charge in [0.05, 0.1) is 22.8 Å². The number of carbonyl (C=O) groups excluding carboxylic acids is 1. The Bertz CT molecular complexity index is 1130. The van der Waals surface area contributed by atoms with Gasteiger partial charge in [0.15, 0.2) is 9.84 Å². The predicted octanol–water partition coefficient (Wildman–Crippen LogP) is 3.42. The van der Waals surface area contributed by atoms with Gasteiger partial charge in [0.25, 0.3) is 0 Å². The average molecular weight is 483 g/mol. The summed E-state index contributed by atoms with van der Waals surface area (Å²) in [6, 6.07) is 8.91. The Morgan fingerprint density at radius 2 is 1.70 bits per heavy atom. The van der Waals surface area contributed by atoms with Gasteiger partial charge in [0, 0.05) is 0 Å². The van der Waals surface area contributed by atoms with Crippen LogP contribution in [0.1, 0.15) is 30.9 Å². The first-order chi connectivity index (χ1) is 15.5. The lowest BCUT2D eigenvalue weighted by Gasteiger charge is -2.28. The largest absolute Gasteiger partial charge is 0.407 e. The first-order valence-electron chi connectivity index (χ1n) is 10.1. The standard InChI is InChI=1S/C22H21F4N3O3S/c23-16-8-6-15(7-9-16)19(22(24,25)26)28-18(20(30)29-21(14-27)11-12-21)10-13-33(31,32)17-4-2-1-3-5-17/h1-9,18-19,28H,10-13H2,(H,29,30)/t18-,19-/m0/s1. The Kier molecular flexibility index (Phi) is 7.09. The molecule has 2 atom stereocenters. The van der Waals surface area contributed by atoms with Gasteiger partial charge in [-0.2, -0.15) is 18.4 Å². The van der Waals surface area contributed by atoms with Crippen molar-refractivity contribution in [3.63, 3.8) is 0 Å². The highest BCUT2D eigenvalue weighted by atomic mass is 32.2. The fourth-order valence-electron chi connectivity index (χ4n) is 3.26. The molecule has 0 spiro atoms. The highest BCUT2D eigenvalue weighted by Crippen LogP contribution is 2.36. The van der Waals surface area contributed by atoms with Gasteiger partial charge in [-0.15, -0.1) is 0 Å². The predicted molar refractivity (Wildman–Crippen MR) is 111 cm³/mol. The van der Waals surface area contributed by atoms with Crippen LogP contribution in [0.25, 0.3) is 0 Å². The second kappa shape index (κ2) is 9.49. The minimum atomic E-state index is -4.86. The van der Waals surface area contributed by atoms with Crippen molar-refractivity contribution in [1.29, 1.82) is 5.26 Å². The van der Waals surface area contributed by atoms with Crippen LogP contribution in [0.5, 0.6) is 0 Å². The van der Waals surface area contributed by atoms with Crippen molar-refractivity contribution < 1.29 is 30.8 Å². The van der Waals surface area contributed by atoms with E-state index in [-0.39, 0.29) is 10.5 Å². The molecule has 6 nitrogen and oxygen atoms in total. The number of alkyl halides is 3. The first-order valence-corrected chi connectivity index (χ1v) is 11.7. The SMILES string of the molecule is N#CC1(NC(=O)[C@H](CCS(=O)(=O)c2ccccc2)N[C@@H](c2ccc(F)cc2)C(F)(F)F)CC1. The normalized spacial score (nSPS) is 16.9. The third-order valence-corrected chi connectivity index (χ3v) is 7.08. The van der Waals surface area contributed by atoms with E-state index in [1.54, 1.807) is 6.07 Å². The molecule has 2 N–H and O–H groups in total. The van der Waals surface area contributed by atoms with Crippen molar-refractivity contribution in [1.82, 2.24) is 10.6 Å². The van der Waals surface area contributed by atoms with Crippen LogP contribution in [0.3, 0.4) is 0 Å². The van der Waals surface area contributed by atoms with Gasteiger partial charge < -0.3 is 5.32 Å². The van der Waals surface area contributed by atoms with Crippen LogP contribution >= 0.6 is 0 Å². The fraction of sp³-hybridized carbons (Fsp3) is 0.364. The zero-order valence-electron chi connectivity index (χ0n) is 17.3. The molecular weight excluding hydrogens is 462 g/mol. The van der Waals surface area contributed by atoms with Gasteiger partial charge in [-0.05, 0) is 49.1 Å². The van der Waals surface area contributed by atoms with Gasteiger partial charge in [-0.25, -0.2) is 12.8 Å². The summed E-state index contributed by atoms with van der Waals surface area (Å²) in [7, 11) is -3.88. The zero-order valence-corrected chi connectivity index (χ0v) is 18.1. The van der Waals surface area contributed by atoms with Crippen molar-refractivity contribution in [2.75, 3.05) is 5.75 Å². The minimum absolute atomic E-state index is 0.0225. The van der Waals surface area contributed by atoms with Crippen molar-refractivity contribution in [3.05, 3.63) is 66.0 Å². The van der Waals surface area contributed by atoms with Crippen LogP contribution in [-0.2, 0) is 14.6 Å². The quantitative estimate of drug-likeness (QED) is 0.533. The molecule has 176 valence electrons. The van der Waals surface area contributed by atoms with E-state index in [1.807, 2.05) is 6.07 Å². The average Bonchev–Trinajstić information content (AvgIpc) is 3.54. The smallest absolute Gasteiger partial charge is 0.336 e. The molecule has 11 heteroatoms. The summed E-state index contributed by atoms with van der Waals surface area (Å²) in [5.74, 6) is -2.24. The molecule has 0 radical (unpaired) electrons. The van der Waals surface area contributed by atoms with Gasteiger partial charge in [-0.3, -0.25) is 10.1 Å². The summed E-state index contributed by atoms with van der Waals surface area (Å²) in [5.41, 5.74) is -1.49. The van der Waals surface area contributed by atoms with E-state index in [4.69, 9.17) is 0 Å². The van der Waals surface area contributed by atoms with E-state index in [0.717, 1.165) is 24.3 Å². The lowest BCUT2D eigenvalue weighted by atomic mass is 10.0. The maximum atomic E-state index is 13.8. The zero-order chi connectivity index (χ0) is 24.3. The second-order valence-corrected chi connectivity index (χ2v) is 9.96. The molecule has 0 bridgehead atoms. The number of sulfone groups is 1. The third-order valence-electron chi connectivity index (χ3n) is 5.32. The minimum Gasteiger partial charge on any atom is -0.336 e. The van der Waals surface area contributed by atoms with Crippen LogP contribution < -0.4 is 10.6 Å². The van der Waals surface area contributed by atoms with Gasteiger partial charge in [-0.1, -0.05) is 30.3 Å². The fourth-order valence-corrected chi connectivity index (χ4v) is 4.61. The Balaban J connectivity index is 1.86. The van der Waals surface area contributed by atoms with Crippen LogP contribution in [0.15, 0.2) is 59.5 Å². The molecule has 0 unspecified atom stereocenters. The molecule has 2 aromatic rings. The number of halogens is 4. The number of hydrogen-bond donors (Lipinski definition) is 2. The monoisotopic (exact) mass is 483 g/mol. The van der Waals surface area contributed by atoms with E-state index in [2.05, 4.69) is 10.6 Å². The lowest BCUT2D eigenvalue weighted by molar-refractivity contribution is -0.161. The molecule has 0 aliphatic heterocycles. The van der Waals surface area contributed by atoms with E-state index in [9.17, 15) is 36.0 Å². The highest BCUT2D eigenvalue weighted by molar-refractivity contribution is 7.91. The summed E-state index contributed by atoms with van der Waals surface area (Å²) in [4.78, 5) is 12.8. The summed E-state index contributed by atoms with van der Waals surface area (Å²) < 4.78 is 80.0. The van der Waals surface area contributed by atoms with E-state index in [0.29, 0.717) is 12.8 Å². The summed E-state index contributed by atoms with van der Waals surface area (Å²) in [6.07, 6.45) is -4.63. The van der Waals surface area contributed by atoms with Crippen molar-refractivity contribution in [2.45, 2.75) is 48.0 Å². The van der Waals surface area contributed by atoms with Crippen LogP contribution in [0.4, 0.5) is 17.6 Å². The molecule has 33 heavy (non-hydrogen) atoms. The molecule has 0 saturated heterocycles. The number of hydrogen-bond acceptors (Lipinski definition) is 5. The van der Waals surface area contributed by atoms with Crippen LogP contribution in [0, 0.1) is 17.1 Å². The van der Waals surface area contributed by atoms with Crippen LogP contribution in [-0.4, -0.2) is 37.8 Å². The molecule has 3 rings (SSSR count).